The van der Waals surface area contributed by atoms with Crippen LogP contribution in [0.2, 0.25) is 0 Å². The van der Waals surface area contributed by atoms with Crippen LogP contribution in [0.4, 0.5) is 0 Å². The second-order valence-corrected chi connectivity index (χ2v) is 7.36. The van der Waals surface area contributed by atoms with Crippen LogP contribution >= 0.6 is 22.7 Å². The molecule has 0 N–H and O–H groups in total. The van der Waals surface area contributed by atoms with E-state index >= 15 is 0 Å². The molecule has 4 rings (SSSR count). The number of thiophene rings is 1. The molecule has 134 valence electrons. The number of rotatable bonds is 3. The molecule has 3 heterocycles. The number of hydrogen-bond donors (Lipinski definition) is 0. The molecule has 0 bridgehead atoms. The third-order valence-corrected chi connectivity index (χ3v) is 5.69. The number of hydrogen-bond acceptors (Lipinski definition) is 7. The van der Waals surface area contributed by atoms with E-state index in [4.69, 9.17) is 14.2 Å². The van der Waals surface area contributed by atoms with Gasteiger partial charge in [-0.1, -0.05) is 17.4 Å². The predicted octanol–water partition coefficient (Wildman–Crippen LogP) is 2.45. The summed E-state index contributed by atoms with van der Waals surface area (Å²) < 4.78 is 18.5. The Hall–Kier alpha value is -2.65. The number of nitrogens with zero attached hydrogens (tertiary/aromatic N) is 2. The highest BCUT2D eigenvalue weighted by molar-refractivity contribution is 7.16. The zero-order chi connectivity index (χ0) is 18.1. The summed E-state index contributed by atoms with van der Waals surface area (Å²) in [5.74, 6) is 0.481. The minimum Gasteiger partial charge on any atom is -0.486 e. The van der Waals surface area contributed by atoms with E-state index in [0.717, 1.165) is 10.2 Å². The van der Waals surface area contributed by atoms with E-state index in [1.807, 2.05) is 11.4 Å². The Morgan fingerprint density at radius 1 is 1.27 bits per heavy atom. The number of carbonyl (C=O) groups excluding carboxylic acids is 2. The van der Waals surface area contributed by atoms with Crippen molar-refractivity contribution < 1.29 is 23.8 Å². The fraction of sp³-hybridized carbons (Fsp3) is 0.235. The third kappa shape index (κ3) is 3.11. The molecule has 9 heteroatoms. The predicted molar refractivity (Wildman–Crippen MR) is 97.0 cm³/mol. The van der Waals surface area contributed by atoms with Gasteiger partial charge < -0.3 is 18.8 Å². The molecule has 1 aromatic carbocycles. The van der Waals surface area contributed by atoms with Gasteiger partial charge in [0, 0.05) is 12.1 Å². The summed E-state index contributed by atoms with van der Waals surface area (Å²) in [6, 6.07) is 7.16. The van der Waals surface area contributed by atoms with Crippen molar-refractivity contribution in [2.75, 3.05) is 20.3 Å². The molecule has 3 aromatic rings. The van der Waals surface area contributed by atoms with Gasteiger partial charge in [-0.2, -0.15) is 4.99 Å². The highest BCUT2D eigenvalue weighted by Gasteiger charge is 2.18. The van der Waals surface area contributed by atoms with Crippen LogP contribution in [0.25, 0.3) is 10.2 Å². The van der Waals surface area contributed by atoms with Crippen molar-refractivity contribution in [3.63, 3.8) is 0 Å². The van der Waals surface area contributed by atoms with Gasteiger partial charge in [0.1, 0.15) is 19.8 Å². The van der Waals surface area contributed by atoms with Gasteiger partial charge in [-0.15, -0.1) is 11.3 Å². The van der Waals surface area contributed by atoms with Crippen LogP contribution in [-0.4, -0.2) is 36.8 Å². The lowest BCUT2D eigenvalue weighted by atomic mass is 10.2. The van der Waals surface area contributed by atoms with Gasteiger partial charge in [-0.05, 0) is 11.4 Å². The van der Waals surface area contributed by atoms with E-state index < -0.39 is 5.97 Å². The molecule has 2 aromatic heterocycles. The largest absolute Gasteiger partial charge is 0.486 e. The number of methoxy groups -OCH3 is 1. The Morgan fingerprint density at radius 3 is 2.73 bits per heavy atom. The summed E-state index contributed by atoms with van der Waals surface area (Å²) in [6.45, 7) is 0.903. The Labute approximate surface area is 156 Å². The number of ether oxygens (including phenoxy) is 3. The van der Waals surface area contributed by atoms with Gasteiger partial charge in [-0.25, -0.2) is 0 Å². The third-order valence-electron chi connectivity index (χ3n) is 3.79. The van der Waals surface area contributed by atoms with Crippen molar-refractivity contribution >= 4 is 44.8 Å². The van der Waals surface area contributed by atoms with Gasteiger partial charge >= 0.3 is 5.97 Å². The molecule has 26 heavy (non-hydrogen) atoms. The molecule has 0 fully saturated rings. The highest BCUT2D eigenvalue weighted by Crippen LogP contribution is 2.35. The molecule has 0 saturated heterocycles. The van der Waals surface area contributed by atoms with Crippen LogP contribution in [0.15, 0.2) is 34.6 Å². The average molecular weight is 390 g/mol. The van der Waals surface area contributed by atoms with E-state index in [1.165, 1.54) is 29.8 Å². The van der Waals surface area contributed by atoms with Crippen LogP contribution in [-0.2, 0) is 16.1 Å². The van der Waals surface area contributed by atoms with Crippen LogP contribution in [0.3, 0.4) is 0 Å². The first kappa shape index (κ1) is 16.8. The molecule has 0 atom stereocenters. The van der Waals surface area contributed by atoms with Crippen molar-refractivity contribution in [2.24, 2.45) is 4.99 Å². The van der Waals surface area contributed by atoms with Crippen molar-refractivity contribution in [3.8, 4) is 11.5 Å². The lowest BCUT2D eigenvalue weighted by Crippen LogP contribution is -2.22. The number of thiazole rings is 1. The zero-order valence-electron chi connectivity index (χ0n) is 13.8. The maximum absolute atomic E-state index is 12.4. The van der Waals surface area contributed by atoms with Crippen LogP contribution in [0.5, 0.6) is 11.5 Å². The average Bonchev–Trinajstić information content (AvgIpc) is 3.29. The lowest BCUT2D eigenvalue weighted by molar-refractivity contribution is -0.141. The number of esters is 1. The highest BCUT2D eigenvalue weighted by atomic mass is 32.1. The monoisotopic (exact) mass is 390 g/mol. The smallest absolute Gasteiger partial charge is 0.325 e. The number of benzene rings is 1. The number of aromatic nitrogens is 1. The van der Waals surface area contributed by atoms with Gasteiger partial charge in [0.15, 0.2) is 16.3 Å². The van der Waals surface area contributed by atoms with E-state index in [-0.39, 0.29) is 12.5 Å². The maximum atomic E-state index is 12.4. The summed E-state index contributed by atoms with van der Waals surface area (Å²) in [5, 5.41) is 1.82. The number of carbonyl (C=O) groups is 2. The minimum absolute atomic E-state index is 0.0489. The van der Waals surface area contributed by atoms with Gasteiger partial charge in [-0.3, -0.25) is 9.59 Å². The van der Waals surface area contributed by atoms with Crippen molar-refractivity contribution in [2.45, 2.75) is 6.54 Å². The molecular formula is C17H14N2O5S2. The molecule has 7 nitrogen and oxygen atoms in total. The lowest BCUT2D eigenvalue weighted by Gasteiger charge is -2.18. The fourth-order valence-corrected chi connectivity index (χ4v) is 4.23. The Kier molecular flexibility index (Phi) is 4.48. The van der Waals surface area contributed by atoms with Crippen molar-refractivity contribution in [3.05, 3.63) is 39.3 Å². The first-order valence-electron chi connectivity index (χ1n) is 7.78. The molecule has 0 unspecified atom stereocenters. The summed E-state index contributed by atoms with van der Waals surface area (Å²) >= 11 is 2.63. The Balaban J connectivity index is 1.88. The topological polar surface area (TPSA) is 79.1 Å². The Bertz CT molecular complexity index is 1050. The van der Waals surface area contributed by atoms with Gasteiger partial charge in [0.25, 0.3) is 5.91 Å². The van der Waals surface area contributed by atoms with Crippen molar-refractivity contribution in [1.29, 1.82) is 0 Å². The van der Waals surface area contributed by atoms with E-state index in [9.17, 15) is 9.59 Å². The van der Waals surface area contributed by atoms with Crippen LogP contribution < -0.4 is 14.3 Å². The molecule has 0 saturated carbocycles. The van der Waals surface area contributed by atoms with E-state index in [2.05, 4.69) is 4.99 Å². The molecular weight excluding hydrogens is 376 g/mol. The minimum atomic E-state index is -0.426. The normalized spacial score (nSPS) is 13.8. The Morgan fingerprint density at radius 2 is 2.04 bits per heavy atom. The summed E-state index contributed by atoms with van der Waals surface area (Å²) in [4.78, 5) is 29.4. The molecule has 1 amide bonds. The summed E-state index contributed by atoms with van der Waals surface area (Å²) in [7, 11) is 1.32. The van der Waals surface area contributed by atoms with Crippen molar-refractivity contribution in [1.82, 2.24) is 4.57 Å². The van der Waals surface area contributed by atoms with Crippen LogP contribution in [0.1, 0.15) is 9.67 Å². The first-order valence-corrected chi connectivity index (χ1v) is 9.47. The SMILES string of the molecule is COC(=O)Cn1c(=NC(=O)c2cccs2)sc2cc3c(cc21)OCCO3. The molecule has 0 aliphatic carbocycles. The second kappa shape index (κ2) is 6.93. The second-order valence-electron chi connectivity index (χ2n) is 5.40. The van der Waals surface area contributed by atoms with E-state index in [1.54, 1.807) is 22.8 Å². The van der Waals surface area contributed by atoms with E-state index in [0.29, 0.717) is 34.4 Å². The first-order chi connectivity index (χ1) is 12.7. The standard InChI is InChI=1S/C17H14N2O5S2/c1-22-15(20)9-19-10-7-11-12(24-5-4-23-11)8-14(10)26-17(19)18-16(21)13-3-2-6-25-13/h2-3,6-8H,4-5,9H2,1H3. The van der Waals surface area contributed by atoms with Gasteiger partial charge in [0.2, 0.25) is 0 Å². The maximum Gasteiger partial charge on any atom is 0.325 e. The molecule has 1 aliphatic rings. The molecule has 0 spiro atoms. The number of amides is 1. The van der Waals surface area contributed by atoms with Crippen LogP contribution in [0, 0.1) is 0 Å². The van der Waals surface area contributed by atoms with Gasteiger partial charge in [0.05, 0.1) is 22.2 Å². The quantitative estimate of drug-likeness (QED) is 0.642. The summed E-state index contributed by atoms with van der Waals surface area (Å²) in [6.07, 6.45) is 0. The number of fused-ring (bicyclic) bond motifs is 2. The molecule has 1 aliphatic heterocycles. The fourth-order valence-electron chi connectivity index (χ4n) is 2.58. The summed E-state index contributed by atoms with van der Waals surface area (Å²) in [5.41, 5.74) is 0.738. The molecule has 0 radical (unpaired) electrons. The zero-order valence-corrected chi connectivity index (χ0v) is 15.4.